The molecule has 3 rings (SSSR count). The van der Waals surface area contributed by atoms with Crippen LogP contribution in [0.3, 0.4) is 0 Å². The van der Waals surface area contributed by atoms with Crippen LogP contribution in [0.15, 0.2) is 42.5 Å². The SMILES string of the molecule is COc1ccc2c(c1)OC(N)(c1ccccc1C(=O)O)CC2. The molecule has 22 heavy (non-hydrogen) atoms. The van der Waals surface area contributed by atoms with E-state index < -0.39 is 11.7 Å². The predicted octanol–water partition coefficient (Wildman–Crippen LogP) is 2.53. The smallest absolute Gasteiger partial charge is 0.336 e. The number of hydrogen-bond donors (Lipinski definition) is 2. The van der Waals surface area contributed by atoms with Crippen LogP contribution in [0.2, 0.25) is 0 Å². The number of carbonyl (C=O) groups is 1. The minimum atomic E-state index is -1.16. The first-order valence-corrected chi connectivity index (χ1v) is 7.01. The number of carboxylic acid groups (broad SMARTS) is 1. The minimum Gasteiger partial charge on any atom is -0.497 e. The zero-order valence-corrected chi connectivity index (χ0v) is 12.2. The molecular weight excluding hydrogens is 282 g/mol. The molecule has 1 aliphatic rings. The van der Waals surface area contributed by atoms with E-state index >= 15 is 0 Å². The lowest BCUT2D eigenvalue weighted by molar-refractivity contribution is 0.0452. The minimum absolute atomic E-state index is 0.163. The Kier molecular flexibility index (Phi) is 3.50. The van der Waals surface area contributed by atoms with Gasteiger partial charge in [0.15, 0.2) is 5.72 Å². The first-order valence-electron chi connectivity index (χ1n) is 7.01. The van der Waals surface area contributed by atoms with Crippen molar-refractivity contribution in [1.29, 1.82) is 0 Å². The first kappa shape index (κ1) is 14.4. The van der Waals surface area contributed by atoms with Crippen molar-refractivity contribution in [3.05, 3.63) is 59.2 Å². The molecule has 1 unspecified atom stereocenters. The highest BCUT2D eigenvalue weighted by atomic mass is 16.5. The number of rotatable bonds is 3. The maximum Gasteiger partial charge on any atom is 0.336 e. The van der Waals surface area contributed by atoms with E-state index in [2.05, 4.69) is 0 Å². The molecule has 1 atom stereocenters. The van der Waals surface area contributed by atoms with Crippen molar-refractivity contribution < 1.29 is 19.4 Å². The van der Waals surface area contributed by atoms with Crippen LogP contribution in [0.5, 0.6) is 11.5 Å². The highest BCUT2D eigenvalue weighted by Gasteiger charge is 2.37. The molecule has 1 aliphatic heterocycles. The fourth-order valence-corrected chi connectivity index (χ4v) is 2.76. The Bertz CT molecular complexity index is 728. The number of ether oxygens (including phenoxy) is 2. The maximum atomic E-state index is 11.4. The van der Waals surface area contributed by atoms with Crippen LogP contribution in [0.1, 0.15) is 27.9 Å². The van der Waals surface area contributed by atoms with Gasteiger partial charge in [-0.3, -0.25) is 5.73 Å². The largest absolute Gasteiger partial charge is 0.497 e. The summed E-state index contributed by atoms with van der Waals surface area (Å²) >= 11 is 0. The highest BCUT2D eigenvalue weighted by Crippen LogP contribution is 2.39. The average molecular weight is 299 g/mol. The Balaban J connectivity index is 2.03. The molecular formula is C17H17NO4. The first-order chi connectivity index (χ1) is 10.5. The molecule has 0 spiro atoms. The van der Waals surface area contributed by atoms with Gasteiger partial charge in [-0.1, -0.05) is 24.3 Å². The lowest BCUT2D eigenvalue weighted by Crippen LogP contribution is -2.46. The third-order valence-electron chi connectivity index (χ3n) is 3.95. The van der Waals surface area contributed by atoms with Crippen LogP contribution in [-0.4, -0.2) is 18.2 Å². The lowest BCUT2D eigenvalue weighted by Gasteiger charge is -2.36. The Morgan fingerprint density at radius 2 is 2.09 bits per heavy atom. The summed E-state index contributed by atoms with van der Waals surface area (Å²) < 4.78 is 11.2. The number of aryl methyl sites for hydroxylation is 1. The second-order valence-electron chi connectivity index (χ2n) is 5.32. The van der Waals surface area contributed by atoms with E-state index in [1.807, 2.05) is 12.1 Å². The van der Waals surface area contributed by atoms with Gasteiger partial charge < -0.3 is 14.6 Å². The zero-order chi connectivity index (χ0) is 15.7. The molecule has 0 aliphatic carbocycles. The van der Waals surface area contributed by atoms with Gasteiger partial charge in [0, 0.05) is 18.1 Å². The number of fused-ring (bicyclic) bond motifs is 1. The lowest BCUT2D eigenvalue weighted by atomic mass is 9.89. The van der Waals surface area contributed by atoms with Crippen molar-refractivity contribution in [3.8, 4) is 11.5 Å². The van der Waals surface area contributed by atoms with Gasteiger partial charge in [0.05, 0.1) is 12.7 Å². The summed E-state index contributed by atoms with van der Waals surface area (Å²) in [5.41, 5.74) is 6.92. The van der Waals surface area contributed by atoms with Gasteiger partial charge in [-0.15, -0.1) is 0 Å². The molecule has 2 aromatic carbocycles. The highest BCUT2D eigenvalue weighted by molar-refractivity contribution is 5.89. The Morgan fingerprint density at radius 3 is 2.82 bits per heavy atom. The van der Waals surface area contributed by atoms with Gasteiger partial charge in [0.25, 0.3) is 0 Å². The normalized spacial score (nSPS) is 19.9. The molecule has 2 aromatic rings. The van der Waals surface area contributed by atoms with Crippen LogP contribution < -0.4 is 15.2 Å². The fourth-order valence-electron chi connectivity index (χ4n) is 2.76. The van der Waals surface area contributed by atoms with E-state index in [0.29, 0.717) is 29.9 Å². The van der Waals surface area contributed by atoms with Crippen molar-refractivity contribution in [1.82, 2.24) is 0 Å². The molecule has 5 nitrogen and oxygen atoms in total. The van der Waals surface area contributed by atoms with Gasteiger partial charge in [0.1, 0.15) is 11.5 Å². The van der Waals surface area contributed by atoms with Crippen molar-refractivity contribution in [3.63, 3.8) is 0 Å². The molecule has 114 valence electrons. The van der Waals surface area contributed by atoms with E-state index in [0.717, 1.165) is 5.56 Å². The van der Waals surface area contributed by atoms with Crippen LogP contribution in [-0.2, 0) is 12.1 Å². The van der Waals surface area contributed by atoms with Crippen LogP contribution >= 0.6 is 0 Å². The van der Waals surface area contributed by atoms with Gasteiger partial charge in [-0.05, 0) is 24.1 Å². The molecule has 1 heterocycles. The molecule has 0 saturated carbocycles. The van der Waals surface area contributed by atoms with E-state index in [-0.39, 0.29) is 5.56 Å². The number of methoxy groups -OCH3 is 1. The zero-order valence-electron chi connectivity index (χ0n) is 12.2. The van der Waals surface area contributed by atoms with Crippen molar-refractivity contribution >= 4 is 5.97 Å². The van der Waals surface area contributed by atoms with Gasteiger partial charge in [-0.25, -0.2) is 4.79 Å². The van der Waals surface area contributed by atoms with Gasteiger partial charge in [-0.2, -0.15) is 0 Å². The fraction of sp³-hybridized carbons (Fsp3) is 0.235. The predicted molar refractivity (Wildman–Crippen MR) is 81.2 cm³/mol. The Morgan fingerprint density at radius 1 is 1.32 bits per heavy atom. The monoisotopic (exact) mass is 299 g/mol. The van der Waals surface area contributed by atoms with Gasteiger partial charge >= 0.3 is 5.97 Å². The quantitative estimate of drug-likeness (QED) is 0.910. The molecule has 0 fully saturated rings. The van der Waals surface area contributed by atoms with E-state index in [1.54, 1.807) is 31.4 Å². The molecule has 0 bridgehead atoms. The summed E-state index contributed by atoms with van der Waals surface area (Å²) in [6.45, 7) is 0. The van der Waals surface area contributed by atoms with E-state index in [9.17, 15) is 9.90 Å². The summed E-state index contributed by atoms with van der Waals surface area (Å²) in [5.74, 6) is 0.295. The van der Waals surface area contributed by atoms with Crippen LogP contribution in [0, 0.1) is 0 Å². The standard InChI is InChI=1S/C17H17NO4/c1-21-12-7-6-11-8-9-17(18,22-15(11)10-12)14-5-3-2-4-13(14)16(19)20/h2-7,10H,8-9,18H2,1H3,(H,19,20). The summed E-state index contributed by atoms with van der Waals surface area (Å²) in [7, 11) is 1.58. The Labute approximate surface area is 128 Å². The molecule has 3 N–H and O–H groups in total. The van der Waals surface area contributed by atoms with E-state index in [4.69, 9.17) is 15.2 Å². The summed E-state index contributed by atoms with van der Waals surface area (Å²) in [6.07, 6.45) is 1.22. The van der Waals surface area contributed by atoms with Crippen LogP contribution in [0.4, 0.5) is 0 Å². The molecule has 0 aromatic heterocycles. The second kappa shape index (κ2) is 5.35. The average Bonchev–Trinajstić information content (AvgIpc) is 2.54. The second-order valence-corrected chi connectivity index (χ2v) is 5.32. The third-order valence-corrected chi connectivity index (χ3v) is 3.95. The number of hydrogen-bond acceptors (Lipinski definition) is 4. The summed E-state index contributed by atoms with van der Waals surface area (Å²) in [6, 6.07) is 12.3. The molecule has 0 amide bonds. The summed E-state index contributed by atoms with van der Waals surface area (Å²) in [4.78, 5) is 11.4. The molecule has 0 saturated heterocycles. The maximum absolute atomic E-state index is 11.4. The third kappa shape index (κ3) is 2.40. The molecule has 0 radical (unpaired) electrons. The van der Waals surface area contributed by atoms with Crippen LogP contribution in [0.25, 0.3) is 0 Å². The molecule has 5 heteroatoms. The number of benzene rings is 2. The Hall–Kier alpha value is -2.53. The van der Waals surface area contributed by atoms with Crippen molar-refractivity contribution in [2.45, 2.75) is 18.6 Å². The topological polar surface area (TPSA) is 81.8 Å². The van der Waals surface area contributed by atoms with Gasteiger partial charge in [0.2, 0.25) is 0 Å². The van der Waals surface area contributed by atoms with E-state index in [1.165, 1.54) is 6.07 Å². The number of nitrogens with two attached hydrogens (primary N) is 1. The van der Waals surface area contributed by atoms with Crippen molar-refractivity contribution in [2.75, 3.05) is 7.11 Å². The summed E-state index contributed by atoms with van der Waals surface area (Å²) in [5, 5.41) is 9.36. The number of aromatic carboxylic acids is 1. The number of carboxylic acids is 1. The van der Waals surface area contributed by atoms with Crippen molar-refractivity contribution in [2.24, 2.45) is 5.73 Å².